The minimum absolute atomic E-state index is 0.0429. The Kier molecular flexibility index (Phi) is 11.0. The van der Waals surface area contributed by atoms with Gasteiger partial charge in [-0.1, -0.05) is 30.7 Å². The number of nitrogens with zero attached hydrogens (tertiary/aromatic N) is 5. The normalized spacial score (nSPS) is 19.2. The van der Waals surface area contributed by atoms with Gasteiger partial charge in [0.05, 0.1) is 19.7 Å². The van der Waals surface area contributed by atoms with Gasteiger partial charge in [0, 0.05) is 68.8 Å². The summed E-state index contributed by atoms with van der Waals surface area (Å²) in [5, 5.41) is 3.53. The second kappa shape index (κ2) is 15.1. The van der Waals surface area contributed by atoms with Crippen LogP contribution < -0.4 is 19.7 Å². The quantitative estimate of drug-likeness (QED) is 0.396. The molecular formula is C33H44N6O6S. The van der Waals surface area contributed by atoms with Crippen LogP contribution in [0.25, 0.3) is 10.9 Å². The Morgan fingerprint density at radius 3 is 2.35 bits per heavy atom. The lowest BCUT2D eigenvalue weighted by molar-refractivity contribution is -0.139. The molecule has 1 unspecified atom stereocenters. The van der Waals surface area contributed by atoms with Crippen molar-refractivity contribution in [3.05, 3.63) is 23.8 Å². The molecule has 3 amide bonds. The molecule has 13 heteroatoms. The zero-order valence-electron chi connectivity index (χ0n) is 27.2. The number of piperazine rings is 1. The van der Waals surface area contributed by atoms with Crippen molar-refractivity contribution in [3.63, 3.8) is 0 Å². The topological polar surface area (TPSA) is 134 Å². The first-order valence-corrected chi connectivity index (χ1v) is 17.1. The van der Waals surface area contributed by atoms with Gasteiger partial charge in [0.25, 0.3) is 0 Å². The monoisotopic (exact) mass is 652 g/mol. The molecular weight excluding hydrogens is 608 g/mol. The van der Waals surface area contributed by atoms with Crippen molar-refractivity contribution < 1.29 is 28.7 Å². The maximum absolute atomic E-state index is 13.8. The Hall–Kier alpha value is -3.87. The summed E-state index contributed by atoms with van der Waals surface area (Å²) in [5.74, 6) is 1.27. The molecule has 2 atom stereocenters. The van der Waals surface area contributed by atoms with Crippen molar-refractivity contribution in [2.24, 2.45) is 5.92 Å². The number of thioether (sulfide) groups is 1. The summed E-state index contributed by atoms with van der Waals surface area (Å²) in [4.78, 5) is 66.6. The molecule has 12 nitrogen and oxygen atoms in total. The molecule has 0 spiro atoms. The van der Waals surface area contributed by atoms with Gasteiger partial charge in [0.2, 0.25) is 23.7 Å². The number of aromatic nitrogens is 2. The summed E-state index contributed by atoms with van der Waals surface area (Å²) in [6.45, 7) is 5.91. The molecule has 2 saturated heterocycles. The van der Waals surface area contributed by atoms with Gasteiger partial charge < -0.3 is 29.5 Å². The number of carbonyl (C=O) groups excluding carboxylic acids is 4. The largest absolute Gasteiger partial charge is 0.493 e. The predicted octanol–water partition coefficient (Wildman–Crippen LogP) is 4.03. The fraction of sp³-hybridized carbons (Fsp3) is 0.576. The molecule has 1 aromatic carbocycles. The predicted molar refractivity (Wildman–Crippen MR) is 178 cm³/mol. The summed E-state index contributed by atoms with van der Waals surface area (Å²) in [6, 6.07) is 2.84. The van der Waals surface area contributed by atoms with Crippen LogP contribution >= 0.6 is 11.8 Å². The van der Waals surface area contributed by atoms with Gasteiger partial charge >= 0.3 is 0 Å². The van der Waals surface area contributed by atoms with Crippen LogP contribution in [-0.2, 0) is 19.2 Å². The van der Waals surface area contributed by atoms with E-state index in [1.54, 1.807) is 31.1 Å². The standard InChI is InChI=1S/C33H44N6O6S/c1-21(20-46-22(2)40)32(43)39-12-8-11-26(39)31(42)35-30-24-18-27(44-3)28(45-4)19-25(24)34-33(36-30)38-15-13-37(14-16-38)29(41)17-23-9-6-5-7-10-23/h17-19,21,26H,5-16,20H2,1-4H3,(H,34,35,36,42)/t21?,26-/m0/s1. The number of rotatable bonds is 9. The Balaban J connectivity index is 1.37. The zero-order chi connectivity index (χ0) is 32.8. The van der Waals surface area contributed by atoms with Gasteiger partial charge in [-0.15, -0.1) is 0 Å². The number of carbonyl (C=O) groups is 4. The number of methoxy groups -OCH3 is 2. The Labute approximate surface area is 274 Å². The summed E-state index contributed by atoms with van der Waals surface area (Å²) >= 11 is 1.12. The van der Waals surface area contributed by atoms with E-state index in [9.17, 15) is 19.2 Å². The summed E-state index contributed by atoms with van der Waals surface area (Å²) in [6.07, 6.45) is 8.60. The number of hydrogen-bond acceptors (Lipinski definition) is 10. The number of fused-ring (bicyclic) bond motifs is 1. The Morgan fingerprint density at radius 2 is 1.67 bits per heavy atom. The van der Waals surface area contributed by atoms with Crippen LogP contribution in [0.4, 0.5) is 11.8 Å². The van der Waals surface area contributed by atoms with Gasteiger partial charge in [0.1, 0.15) is 11.9 Å². The molecule has 1 aliphatic carbocycles. The third-order valence-electron chi connectivity index (χ3n) is 8.93. The first-order valence-electron chi connectivity index (χ1n) is 16.1. The number of likely N-dealkylation sites (tertiary alicyclic amines) is 1. The minimum Gasteiger partial charge on any atom is -0.493 e. The second-order valence-corrected chi connectivity index (χ2v) is 13.4. The SMILES string of the molecule is COc1cc2nc(N3CCN(C(=O)C=C4CCCCC4)CC3)nc(NC(=O)[C@@H]3CCCN3C(=O)C(C)CSC(C)=O)c2cc1OC. The molecule has 1 N–H and O–H groups in total. The molecule has 5 rings (SSSR count). The van der Waals surface area contributed by atoms with Crippen LogP contribution in [0.2, 0.25) is 0 Å². The van der Waals surface area contributed by atoms with Crippen LogP contribution in [0, 0.1) is 5.92 Å². The number of hydrogen-bond donors (Lipinski definition) is 1. The van der Waals surface area contributed by atoms with Crippen LogP contribution in [-0.4, -0.2) is 101 Å². The maximum Gasteiger partial charge on any atom is 0.248 e. The van der Waals surface area contributed by atoms with Gasteiger partial charge in [-0.2, -0.15) is 4.98 Å². The average Bonchev–Trinajstić information content (AvgIpc) is 3.57. The smallest absolute Gasteiger partial charge is 0.248 e. The highest BCUT2D eigenvalue weighted by atomic mass is 32.2. The van der Waals surface area contributed by atoms with E-state index in [4.69, 9.17) is 19.4 Å². The number of amides is 3. The van der Waals surface area contributed by atoms with Crippen molar-refractivity contribution in [2.75, 3.05) is 62.9 Å². The Morgan fingerprint density at radius 1 is 0.978 bits per heavy atom. The fourth-order valence-corrected chi connectivity index (χ4v) is 6.95. The van der Waals surface area contributed by atoms with Gasteiger partial charge in [-0.05, 0) is 44.6 Å². The second-order valence-electron chi connectivity index (χ2n) is 12.2. The number of benzene rings is 1. The van der Waals surface area contributed by atoms with Crippen LogP contribution in [0.1, 0.15) is 58.8 Å². The molecule has 0 radical (unpaired) electrons. The summed E-state index contributed by atoms with van der Waals surface area (Å²) in [7, 11) is 3.09. The molecule has 248 valence electrons. The fourth-order valence-electron chi connectivity index (χ4n) is 6.32. The highest BCUT2D eigenvalue weighted by Gasteiger charge is 2.36. The lowest BCUT2D eigenvalue weighted by atomic mass is 9.94. The van der Waals surface area contributed by atoms with E-state index >= 15 is 0 Å². The first-order chi connectivity index (χ1) is 22.2. The van der Waals surface area contributed by atoms with Crippen molar-refractivity contribution in [2.45, 2.75) is 64.8 Å². The van der Waals surface area contributed by atoms with Crippen molar-refractivity contribution in [1.82, 2.24) is 19.8 Å². The summed E-state index contributed by atoms with van der Waals surface area (Å²) < 4.78 is 11.1. The number of ether oxygens (including phenoxy) is 2. The van der Waals surface area contributed by atoms with Crippen LogP contribution in [0.15, 0.2) is 23.8 Å². The van der Waals surface area contributed by atoms with E-state index in [2.05, 4.69) is 5.32 Å². The minimum atomic E-state index is -0.654. The molecule has 3 heterocycles. The first kappa shape index (κ1) is 33.5. The van der Waals surface area contributed by atoms with Crippen molar-refractivity contribution >= 4 is 57.3 Å². The molecule has 2 aromatic rings. The van der Waals surface area contributed by atoms with Gasteiger partial charge in [0.15, 0.2) is 16.6 Å². The van der Waals surface area contributed by atoms with E-state index in [-0.39, 0.29) is 22.8 Å². The van der Waals surface area contributed by atoms with Gasteiger partial charge in [-0.25, -0.2) is 4.98 Å². The van der Waals surface area contributed by atoms with E-state index in [0.29, 0.717) is 85.5 Å². The molecule has 1 aromatic heterocycles. The number of nitrogens with one attached hydrogen (secondary N) is 1. The van der Waals surface area contributed by atoms with Crippen molar-refractivity contribution in [3.8, 4) is 11.5 Å². The molecule has 0 bridgehead atoms. The molecule has 3 aliphatic rings. The lowest BCUT2D eigenvalue weighted by Crippen LogP contribution is -2.49. The third-order valence-corrected chi connectivity index (χ3v) is 10.00. The lowest BCUT2D eigenvalue weighted by Gasteiger charge is -2.34. The highest BCUT2D eigenvalue weighted by Crippen LogP contribution is 2.36. The molecule has 3 fully saturated rings. The van der Waals surface area contributed by atoms with E-state index < -0.39 is 12.0 Å². The molecule has 1 saturated carbocycles. The van der Waals surface area contributed by atoms with E-state index in [1.807, 2.05) is 15.9 Å². The third kappa shape index (κ3) is 7.73. The Bertz CT molecular complexity index is 1500. The number of allylic oxidation sites excluding steroid dienone is 1. The summed E-state index contributed by atoms with van der Waals surface area (Å²) in [5.41, 5.74) is 1.81. The van der Waals surface area contributed by atoms with Crippen LogP contribution in [0.5, 0.6) is 11.5 Å². The van der Waals surface area contributed by atoms with Crippen molar-refractivity contribution in [1.29, 1.82) is 0 Å². The molecule has 46 heavy (non-hydrogen) atoms. The van der Waals surface area contributed by atoms with E-state index in [1.165, 1.54) is 26.0 Å². The van der Waals surface area contributed by atoms with Gasteiger partial charge in [-0.3, -0.25) is 19.2 Å². The zero-order valence-corrected chi connectivity index (χ0v) is 28.0. The average molecular weight is 653 g/mol. The highest BCUT2D eigenvalue weighted by molar-refractivity contribution is 8.13. The number of anilines is 2. The molecule has 2 aliphatic heterocycles. The van der Waals surface area contributed by atoms with Crippen LogP contribution in [0.3, 0.4) is 0 Å². The van der Waals surface area contributed by atoms with E-state index in [0.717, 1.165) is 37.4 Å². The maximum atomic E-state index is 13.8.